The monoisotopic (exact) mass is 475 g/mol. The minimum atomic E-state index is -0.0972. The van der Waals surface area contributed by atoms with Crippen LogP contribution in [-0.2, 0) is 11.3 Å². The van der Waals surface area contributed by atoms with Crippen LogP contribution in [-0.4, -0.2) is 41.3 Å². The predicted octanol–water partition coefficient (Wildman–Crippen LogP) is 4.40. The van der Waals surface area contributed by atoms with Gasteiger partial charge in [0.05, 0.1) is 31.5 Å². The quantitative estimate of drug-likeness (QED) is 0.423. The number of carbonyl (C=O) groups excluding carboxylic acids is 1. The number of carbonyl (C=O) groups is 1. The van der Waals surface area contributed by atoms with E-state index in [9.17, 15) is 4.79 Å². The van der Waals surface area contributed by atoms with E-state index in [1.54, 1.807) is 24.7 Å². The number of rotatable bonds is 7. The maximum absolute atomic E-state index is 12.9. The van der Waals surface area contributed by atoms with Crippen molar-refractivity contribution < 1.29 is 13.9 Å². The van der Waals surface area contributed by atoms with Crippen LogP contribution < -0.4 is 15.0 Å². The number of benzene rings is 1. The van der Waals surface area contributed by atoms with Gasteiger partial charge in [-0.1, -0.05) is 0 Å². The molecule has 1 fully saturated rings. The zero-order chi connectivity index (χ0) is 23.3. The highest BCUT2D eigenvalue weighted by atomic mass is 32.1. The van der Waals surface area contributed by atoms with Gasteiger partial charge in [0.1, 0.15) is 16.5 Å². The van der Waals surface area contributed by atoms with Crippen molar-refractivity contribution in [2.24, 2.45) is 5.92 Å². The average molecular weight is 476 g/mol. The van der Waals surface area contributed by atoms with Gasteiger partial charge in [-0.25, -0.2) is 4.98 Å². The first-order valence-electron chi connectivity index (χ1n) is 11.2. The zero-order valence-electron chi connectivity index (χ0n) is 18.8. The van der Waals surface area contributed by atoms with Crippen molar-refractivity contribution in [3.8, 4) is 27.8 Å². The van der Waals surface area contributed by atoms with Crippen molar-refractivity contribution in [1.29, 1.82) is 0 Å². The molecule has 1 aliphatic rings. The molecular weight excluding hydrogens is 450 g/mol. The Hall–Kier alpha value is -3.72. The second-order valence-electron chi connectivity index (χ2n) is 8.13. The van der Waals surface area contributed by atoms with Gasteiger partial charge in [-0.3, -0.25) is 4.79 Å². The van der Waals surface area contributed by atoms with Gasteiger partial charge in [0.25, 0.3) is 0 Å². The fourth-order valence-corrected chi connectivity index (χ4v) is 4.85. The van der Waals surface area contributed by atoms with Crippen LogP contribution in [0.5, 0.6) is 5.75 Å². The van der Waals surface area contributed by atoms with Crippen LogP contribution in [0.15, 0.2) is 64.6 Å². The van der Waals surface area contributed by atoms with Crippen LogP contribution in [0, 0.1) is 5.92 Å². The van der Waals surface area contributed by atoms with Crippen LogP contribution in [0.3, 0.4) is 0 Å². The normalized spacial score (nSPS) is 15.8. The minimum Gasteiger partial charge on any atom is -0.497 e. The molecule has 1 amide bonds. The van der Waals surface area contributed by atoms with E-state index in [2.05, 4.69) is 25.4 Å². The molecule has 4 aromatic rings. The number of anilines is 1. The van der Waals surface area contributed by atoms with Gasteiger partial charge < -0.3 is 19.4 Å². The molecule has 0 aliphatic carbocycles. The Labute approximate surface area is 201 Å². The van der Waals surface area contributed by atoms with Crippen molar-refractivity contribution >= 4 is 23.1 Å². The van der Waals surface area contributed by atoms with Crippen molar-refractivity contribution in [3.05, 3.63) is 65.9 Å². The Bertz CT molecular complexity index is 1220. The molecule has 8 nitrogen and oxygen atoms in total. The topological polar surface area (TPSA) is 93.4 Å². The average Bonchev–Trinajstić information content (AvgIpc) is 3.60. The summed E-state index contributed by atoms with van der Waals surface area (Å²) in [5.74, 6) is 2.22. The Balaban J connectivity index is 1.16. The van der Waals surface area contributed by atoms with E-state index in [4.69, 9.17) is 9.15 Å². The highest BCUT2D eigenvalue weighted by molar-refractivity contribution is 7.13. The summed E-state index contributed by atoms with van der Waals surface area (Å²) < 4.78 is 10.6. The molecule has 1 saturated heterocycles. The van der Waals surface area contributed by atoms with Gasteiger partial charge in [-0.15, -0.1) is 21.5 Å². The number of nitrogens with zero attached hydrogens (tertiary/aromatic N) is 4. The molecule has 3 aromatic heterocycles. The fourth-order valence-electron chi connectivity index (χ4n) is 4.03. The van der Waals surface area contributed by atoms with Gasteiger partial charge >= 0.3 is 0 Å². The van der Waals surface area contributed by atoms with Crippen molar-refractivity contribution in [2.45, 2.75) is 19.4 Å². The summed E-state index contributed by atoms with van der Waals surface area (Å²) in [7, 11) is 1.65. The lowest BCUT2D eigenvalue weighted by Gasteiger charge is -2.32. The molecule has 0 radical (unpaired) electrons. The Morgan fingerprint density at radius 2 is 2.09 bits per heavy atom. The lowest BCUT2D eigenvalue weighted by Crippen LogP contribution is -2.43. The molecule has 0 bridgehead atoms. The summed E-state index contributed by atoms with van der Waals surface area (Å²) in [5, 5.41) is 14.6. The van der Waals surface area contributed by atoms with Crippen LogP contribution in [0.25, 0.3) is 22.0 Å². The second kappa shape index (κ2) is 10.0. The first-order valence-corrected chi connectivity index (χ1v) is 12.1. The molecule has 4 heterocycles. The Morgan fingerprint density at radius 1 is 1.21 bits per heavy atom. The molecular formula is C25H25N5O3S. The van der Waals surface area contributed by atoms with Gasteiger partial charge in [-0.05, 0) is 61.4 Å². The van der Waals surface area contributed by atoms with E-state index < -0.39 is 0 Å². The van der Waals surface area contributed by atoms with Gasteiger partial charge in [-0.2, -0.15) is 0 Å². The van der Waals surface area contributed by atoms with Crippen LogP contribution in [0.2, 0.25) is 0 Å². The molecule has 5 rings (SSSR count). The summed E-state index contributed by atoms with van der Waals surface area (Å²) in [4.78, 5) is 19.7. The van der Waals surface area contributed by atoms with Gasteiger partial charge in [0, 0.05) is 24.0 Å². The number of methoxy groups -OCH3 is 1. The lowest BCUT2D eigenvalue weighted by molar-refractivity contribution is -0.125. The number of ether oxygens (including phenoxy) is 1. The molecule has 0 saturated carbocycles. The molecule has 1 atom stereocenters. The number of aromatic nitrogens is 3. The van der Waals surface area contributed by atoms with Crippen molar-refractivity contribution in [1.82, 2.24) is 20.5 Å². The molecule has 1 unspecified atom stereocenters. The number of hydrogen-bond donors (Lipinski definition) is 1. The first-order chi connectivity index (χ1) is 16.7. The van der Waals surface area contributed by atoms with Crippen LogP contribution >= 0.6 is 11.3 Å². The van der Waals surface area contributed by atoms with Gasteiger partial charge in [0.15, 0.2) is 11.6 Å². The number of nitrogens with one attached hydrogen (secondary N) is 1. The number of amides is 1. The first kappa shape index (κ1) is 22.1. The highest BCUT2D eigenvalue weighted by Crippen LogP contribution is 2.26. The SMILES string of the molecule is COc1ccc(-c2nc(CNC(=O)C3CCCN(c4ccc(-c5ccco5)nn4)C3)cs2)cc1. The molecule has 34 heavy (non-hydrogen) atoms. The number of thiazole rings is 1. The van der Waals surface area contributed by atoms with Crippen molar-refractivity contribution in [2.75, 3.05) is 25.1 Å². The van der Waals surface area contributed by atoms with E-state index in [0.717, 1.165) is 47.2 Å². The largest absolute Gasteiger partial charge is 0.497 e. The maximum Gasteiger partial charge on any atom is 0.225 e. The molecule has 1 aliphatic heterocycles. The molecule has 1 aromatic carbocycles. The third kappa shape index (κ3) is 4.94. The van der Waals surface area contributed by atoms with E-state index in [1.807, 2.05) is 53.9 Å². The lowest BCUT2D eigenvalue weighted by atomic mass is 9.97. The number of furan rings is 1. The van der Waals surface area contributed by atoms with Gasteiger partial charge in [0.2, 0.25) is 5.91 Å². The third-order valence-corrected chi connectivity index (χ3v) is 6.81. The third-order valence-electron chi connectivity index (χ3n) is 5.87. The molecule has 0 spiro atoms. The molecule has 174 valence electrons. The minimum absolute atomic E-state index is 0.0452. The van der Waals surface area contributed by atoms with Crippen molar-refractivity contribution in [3.63, 3.8) is 0 Å². The summed E-state index contributed by atoms with van der Waals surface area (Å²) in [5.41, 5.74) is 2.58. The summed E-state index contributed by atoms with van der Waals surface area (Å²) >= 11 is 1.57. The van der Waals surface area contributed by atoms with Crippen LogP contribution in [0.1, 0.15) is 18.5 Å². The Morgan fingerprint density at radius 3 is 2.82 bits per heavy atom. The van der Waals surface area contributed by atoms with Crippen LogP contribution in [0.4, 0.5) is 5.82 Å². The maximum atomic E-state index is 12.9. The van der Waals surface area contributed by atoms with E-state index >= 15 is 0 Å². The smallest absolute Gasteiger partial charge is 0.225 e. The summed E-state index contributed by atoms with van der Waals surface area (Å²) in [6.07, 6.45) is 3.40. The highest BCUT2D eigenvalue weighted by Gasteiger charge is 2.27. The Kier molecular flexibility index (Phi) is 6.53. The second-order valence-corrected chi connectivity index (χ2v) is 8.99. The molecule has 9 heteroatoms. The van der Waals surface area contributed by atoms with E-state index in [1.165, 1.54) is 0 Å². The zero-order valence-corrected chi connectivity index (χ0v) is 19.6. The fraction of sp³-hybridized carbons (Fsp3) is 0.280. The number of piperidine rings is 1. The number of hydrogen-bond acceptors (Lipinski definition) is 8. The van der Waals surface area contributed by atoms with E-state index in [0.29, 0.717) is 24.5 Å². The summed E-state index contributed by atoms with van der Waals surface area (Å²) in [6.45, 7) is 1.89. The summed E-state index contributed by atoms with van der Waals surface area (Å²) in [6, 6.07) is 15.3. The van der Waals surface area contributed by atoms with E-state index in [-0.39, 0.29) is 11.8 Å². The molecule has 1 N–H and O–H groups in total. The standard InChI is InChI=1S/C25H25N5O3S/c1-32-20-8-6-17(7-9-20)25-27-19(16-34-25)14-26-24(31)18-4-2-12-30(15-18)23-11-10-21(28-29-23)22-5-3-13-33-22/h3,5-11,13,16,18H,2,4,12,14-15H2,1H3,(H,26,31). The predicted molar refractivity (Wildman–Crippen MR) is 131 cm³/mol.